The predicted octanol–water partition coefficient (Wildman–Crippen LogP) is 3.74. The Morgan fingerprint density at radius 3 is 2.70 bits per heavy atom. The molecule has 0 unspecified atom stereocenters. The molecule has 1 aliphatic rings. The van der Waals surface area contributed by atoms with Gasteiger partial charge in [0.15, 0.2) is 0 Å². The molecule has 0 amide bonds. The van der Waals surface area contributed by atoms with Gasteiger partial charge in [-0.25, -0.2) is 4.79 Å². The van der Waals surface area contributed by atoms with Crippen molar-refractivity contribution >= 4 is 5.97 Å². The molecule has 2 heterocycles. The summed E-state index contributed by atoms with van der Waals surface area (Å²) in [6.45, 7) is 6.05. The molecular weight excluding hydrogens is 290 g/mol. The van der Waals surface area contributed by atoms with E-state index in [2.05, 4.69) is 18.7 Å². The predicted molar refractivity (Wildman–Crippen MR) is 88.0 cm³/mol. The molecule has 0 radical (unpaired) electrons. The number of likely N-dealkylation sites (tertiary alicyclic amines) is 1. The van der Waals surface area contributed by atoms with Gasteiger partial charge < -0.3 is 9.15 Å². The van der Waals surface area contributed by atoms with Gasteiger partial charge in [-0.05, 0) is 37.6 Å². The Morgan fingerprint density at radius 2 is 2.00 bits per heavy atom. The van der Waals surface area contributed by atoms with Crippen molar-refractivity contribution in [2.24, 2.45) is 5.92 Å². The zero-order valence-corrected chi connectivity index (χ0v) is 13.6. The molecule has 0 spiro atoms. The van der Waals surface area contributed by atoms with Crippen molar-refractivity contribution in [3.8, 4) is 0 Å². The molecule has 4 heteroatoms. The summed E-state index contributed by atoms with van der Waals surface area (Å²) >= 11 is 0. The van der Waals surface area contributed by atoms with E-state index in [1.165, 1.54) is 0 Å². The molecule has 3 rings (SSSR count). The third-order valence-electron chi connectivity index (χ3n) is 4.83. The van der Waals surface area contributed by atoms with Crippen LogP contribution in [0.4, 0.5) is 0 Å². The van der Waals surface area contributed by atoms with Crippen molar-refractivity contribution in [1.82, 2.24) is 4.90 Å². The second-order valence-electron chi connectivity index (χ2n) is 6.25. The quantitative estimate of drug-likeness (QED) is 0.807. The van der Waals surface area contributed by atoms with Crippen LogP contribution < -0.4 is 0 Å². The summed E-state index contributed by atoms with van der Waals surface area (Å²) in [5, 5.41) is 0. The summed E-state index contributed by atoms with van der Waals surface area (Å²) < 4.78 is 11.2. The SMILES string of the molecule is C[C@@H]1[C@H](OC(=O)c2ccccc2)CCN(Cc2ccco2)[C@H]1C. The van der Waals surface area contributed by atoms with Crippen molar-refractivity contribution in [2.45, 2.75) is 39.0 Å². The van der Waals surface area contributed by atoms with Gasteiger partial charge in [0.25, 0.3) is 0 Å². The fourth-order valence-corrected chi connectivity index (χ4v) is 3.17. The number of furan rings is 1. The van der Waals surface area contributed by atoms with E-state index in [1.54, 1.807) is 18.4 Å². The highest BCUT2D eigenvalue weighted by Gasteiger charge is 2.35. The number of benzene rings is 1. The minimum Gasteiger partial charge on any atom is -0.468 e. The van der Waals surface area contributed by atoms with E-state index in [4.69, 9.17) is 9.15 Å². The molecular formula is C19H23NO3. The number of rotatable bonds is 4. The molecule has 0 saturated carbocycles. The van der Waals surface area contributed by atoms with Gasteiger partial charge in [0.05, 0.1) is 18.4 Å². The highest BCUT2D eigenvalue weighted by Crippen LogP contribution is 2.28. The smallest absolute Gasteiger partial charge is 0.338 e. The van der Waals surface area contributed by atoms with Crippen LogP contribution in [0, 0.1) is 5.92 Å². The number of carbonyl (C=O) groups excluding carboxylic acids is 1. The first-order valence-corrected chi connectivity index (χ1v) is 8.17. The highest BCUT2D eigenvalue weighted by molar-refractivity contribution is 5.89. The fraction of sp³-hybridized carbons (Fsp3) is 0.421. The van der Waals surface area contributed by atoms with Crippen molar-refractivity contribution in [2.75, 3.05) is 6.54 Å². The molecule has 23 heavy (non-hydrogen) atoms. The van der Waals surface area contributed by atoms with Crippen LogP contribution >= 0.6 is 0 Å². The molecule has 3 atom stereocenters. The zero-order valence-electron chi connectivity index (χ0n) is 13.6. The van der Waals surface area contributed by atoms with Crippen LogP contribution in [0.15, 0.2) is 53.1 Å². The van der Waals surface area contributed by atoms with Crippen LogP contribution in [-0.2, 0) is 11.3 Å². The van der Waals surface area contributed by atoms with Crippen LogP contribution in [0.1, 0.15) is 36.4 Å². The fourth-order valence-electron chi connectivity index (χ4n) is 3.17. The Labute approximate surface area is 137 Å². The topological polar surface area (TPSA) is 42.7 Å². The largest absolute Gasteiger partial charge is 0.468 e. The molecule has 0 bridgehead atoms. The summed E-state index contributed by atoms with van der Waals surface area (Å²) in [4.78, 5) is 14.6. The maximum Gasteiger partial charge on any atom is 0.338 e. The number of hydrogen-bond acceptors (Lipinski definition) is 4. The van der Waals surface area contributed by atoms with Crippen LogP contribution in [0.2, 0.25) is 0 Å². The standard InChI is InChI=1S/C19H23NO3/c1-14-15(2)20(13-17-9-6-12-22-17)11-10-18(14)23-19(21)16-7-4-3-5-8-16/h3-9,12,14-15,18H,10-11,13H2,1-2H3/t14-,15-,18+/m0/s1. The highest BCUT2D eigenvalue weighted by atomic mass is 16.5. The Morgan fingerprint density at radius 1 is 1.22 bits per heavy atom. The first-order chi connectivity index (χ1) is 11.1. The average Bonchev–Trinajstić information content (AvgIpc) is 3.08. The summed E-state index contributed by atoms with van der Waals surface area (Å²) in [6, 6.07) is 13.4. The maximum atomic E-state index is 12.3. The lowest BCUT2D eigenvalue weighted by molar-refractivity contribution is -0.0335. The van der Waals surface area contributed by atoms with Gasteiger partial charge in [-0.1, -0.05) is 25.1 Å². The van der Waals surface area contributed by atoms with Crippen LogP contribution in [0.25, 0.3) is 0 Å². The van der Waals surface area contributed by atoms with Gasteiger partial charge in [-0.2, -0.15) is 0 Å². The van der Waals surface area contributed by atoms with E-state index in [0.717, 1.165) is 25.3 Å². The van der Waals surface area contributed by atoms with E-state index in [9.17, 15) is 4.79 Å². The van der Waals surface area contributed by atoms with Gasteiger partial charge in [0, 0.05) is 18.5 Å². The molecule has 4 nitrogen and oxygen atoms in total. The molecule has 122 valence electrons. The Bertz CT molecular complexity index is 623. The van der Waals surface area contributed by atoms with Gasteiger partial charge in [-0.3, -0.25) is 4.90 Å². The molecule has 1 saturated heterocycles. The van der Waals surface area contributed by atoms with E-state index in [-0.39, 0.29) is 18.0 Å². The van der Waals surface area contributed by atoms with Gasteiger partial charge in [0.2, 0.25) is 0 Å². The van der Waals surface area contributed by atoms with Gasteiger partial charge in [0.1, 0.15) is 11.9 Å². The van der Waals surface area contributed by atoms with E-state index in [0.29, 0.717) is 11.6 Å². The third kappa shape index (κ3) is 3.64. The second-order valence-corrected chi connectivity index (χ2v) is 6.25. The minimum atomic E-state index is -0.228. The molecule has 0 aliphatic carbocycles. The number of hydrogen-bond donors (Lipinski definition) is 0. The lowest BCUT2D eigenvalue weighted by Crippen LogP contribution is -2.49. The number of piperidine rings is 1. The normalized spacial score (nSPS) is 25.2. The number of ether oxygens (including phenoxy) is 1. The second kappa shape index (κ2) is 7.01. The summed E-state index contributed by atoms with van der Waals surface area (Å²) in [5.41, 5.74) is 0.616. The molecule has 1 aliphatic heterocycles. The number of carbonyl (C=O) groups is 1. The molecule has 2 aromatic rings. The monoisotopic (exact) mass is 313 g/mol. The molecule has 1 aromatic carbocycles. The zero-order chi connectivity index (χ0) is 16.2. The Balaban J connectivity index is 1.60. The van der Waals surface area contributed by atoms with E-state index < -0.39 is 0 Å². The lowest BCUT2D eigenvalue weighted by Gasteiger charge is -2.41. The molecule has 1 aromatic heterocycles. The number of esters is 1. The van der Waals surface area contributed by atoms with Crippen molar-refractivity contribution in [1.29, 1.82) is 0 Å². The van der Waals surface area contributed by atoms with Crippen LogP contribution in [0.5, 0.6) is 0 Å². The van der Waals surface area contributed by atoms with Crippen LogP contribution in [-0.4, -0.2) is 29.6 Å². The number of nitrogens with zero attached hydrogens (tertiary/aromatic N) is 1. The Hall–Kier alpha value is -2.07. The van der Waals surface area contributed by atoms with Crippen molar-refractivity contribution in [3.05, 3.63) is 60.1 Å². The van der Waals surface area contributed by atoms with Gasteiger partial charge in [-0.15, -0.1) is 0 Å². The molecule has 0 N–H and O–H groups in total. The maximum absolute atomic E-state index is 12.3. The summed E-state index contributed by atoms with van der Waals surface area (Å²) in [7, 11) is 0. The van der Waals surface area contributed by atoms with Gasteiger partial charge >= 0.3 is 5.97 Å². The first-order valence-electron chi connectivity index (χ1n) is 8.17. The average molecular weight is 313 g/mol. The Kier molecular flexibility index (Phi) is 4.82. The van der Waals surface area contributed by atoms with Crippen LogP contribution in [0.3, 0.4) is 0 Å². The first kappa shape index (κ1) is 15.8. The van der Waals surface area contributed by atoms with E-state index >= 15 is 0 Å². The third-order valence-corrected chi connectivity index (χ3v) is 4.83. The molecule has 1 fully saturated rings. The lowest BCUT2D eigenvalue weighted by atomic mass is 9.89. The summed E-state index contributed by atoms with van der Waals surface area (Å²) in [6.07, 6.45) is 2.52. The van der Waals surface area contributed by atoms with E-state index in [1.807, 2.05) is 30.3 Å². The summed E-state index contributed by atoms with van der Waals surface area (Å²) in [5.74, 6) is 1.03. The van der Waals surface area contributed by atoms with Crippen molar-refractivity contribution in [3.63, 3.8) is 0 Å². The minimum absolute atomic E-state index is 0.0365. The van der Waals surface area contributed by atoms with Crippen molar-refractivity contribution < 1.29 is 13.9 Å².